The Labute approximate surface area is 122 Å². The van der Waals surface area contributed by atoms with Crippen LogP contribution in [0.1, 0.15) is 37.3 Å². The van der Waals surface area contributed by atoms with Crippen molar-refractivity contribution in [3.63, 3.8) is 0 Å². The van der Waals surface area contributed by atoms with Crippen molar-refractivity contribution in [1.82, 2.24) is 0 Å². The third-order valence-electron chi connectivity index (χ3n) is 2.98. The van der Waals surface area contributed by atoms with E-state index in [2.05, 4.69) is 0 Å². The molecule has 114 valence electrons. The molecule has 1 rings (SSSR count). The van der Waals surface area contributed by atoms with Gasteiger partial charge in [-0.1, -0.05) is 25.4 Å². The van der Waals surface area contributed by atoms with Gasteiger partial charge in [-0.2, -0.15) is 13.2 Å². The molecule has 0 spiro atoms. The molecule has 1 unspecified atom stereocenters. The molecule has 0 fully saturated rings. The Kier molecular flexibility index (Phi) is 5.71. The van der Waals surface area contributed by atoms with E-state index >= 15 is 0 Å². The smallest absolute Gasteiger partial charge is 0.425 e. The van der Waals surface area contributed by atoms with Gasteiger partial charge in [0.15, 0.2) is 6.10 Å². The van der Waals surface area contributed by atoms with Crippen LogP contribution in [-0.2, 0) is 0 Å². The summed E-state index contributed by atoms with van der Waals surface area (Å²) in [5.74, 6) is 0.304. The van der Waals surface area contributed by atoms with Gasteiger partial charge >= 0.3 is 6.18 Å². The number of hydrogen-bond donors (Lipinski definition) is 1. The first kappa shape index (κ1) is 17.1. The summed E-state index contributed by atoms with van der Waals surface area (Å²) in [6.45, 7) is 5.41. The van der Waals surface area contributed by atoms with E-state index in [0.29, 0.717) is 10.6 Å². The van der Waals surface area contributed by atoms with E-state index in [9.17, 15) is 13.2 Å². The van der Waals surface area contributed by atoms with Crippen molar-refractivity contribution in [2.75, 3.05) is 6.54 Å². The van der Waals surface area contributed by atoms with Crippen LogP contribution in [0.5, 0.6) is 5.75 Å². The van der Waals surface area contributed by atoms with Gasteiger partial charge in [-0.3, -0.25) is 0 Å². The molecule has 0 radical (unpaired) electrons. The molecule has 1 aromatic carbocycles. The fraction of sp³-hybridized carbons (Fsp3) is 0.571. The molecule has 1 atom stereocenters. The second-order valence-electron chi connectivity index (χ2n) is 5.02. The number of halogens is 4. The second kappa shape index (κ2) is 6.68. The molecule has 1 aromatic rings. The standard InChI is InChI=1S/C14H19ClF3NO/c1-8(2)10-7-12(9(3)6-11(10)15)20-13(4-5-19)14(16,17)18/h6-8,13H,4-5,19H2,1-3H3. The number of hydrogen-bond acceptors (Lipinski definition) is 2. The average molecular weight is 310 g/mol. The summed E-state index contributed by atoms with van der Waals surface area (Å²) in [5.41, 5.74) is 6.56. The highest BCUT2D eigenvalue weighted by molar-refractivity contribution is 6.31. The third kappa shape index (κ3) is 4.28. The predicted octanol–water partition coefficient (Wildman–Crippen LogP) is 4.43. The maximum absolute atomic E-state index is 12.9. The predicted molar refractivity (Wildman–Crippen MR) is 74.4 cm³/mol. The molecule has 0 aromatic heterocycles. The summed E-state index contributed by atoms with van der Waals surface area (Å²) >= 11 is 6.09. The Morgan fingerprint density at radius 2 is 1.90 bits per heavy atom. The molecule has 0 saturated heterocycles. The first-order valence-corrected chi connectivity index (χ1v) is 6.78. The Bertz CT molecular complexity index is 460. The van der Waals surface area contributed by atoms with Crippen LogP contribution in [0.4, 0.5) is 13.2 Å². The van der Waals surface area contributed by atoms with Crippen LogP contribution in [0.2, 0.25) is 5.02 Å². The van der Waals surface area contributed by atoms with Crippen molar-refractivity contribution in [2.24, 2.45) is 5.73 Å². The quantitative estimate of drug-likeness (QED) is 0.873. The lowest BCUT2D eigenvalue weighted by Gasteiger charge is -2.23. The van der Waals surface area contributed by atoms with Crippen LogP contribution in [0, 0.1) is 6.92 Å². The van der Waals surface area contributed by atoms with Crippen LogP contribution >= 0.6 is 11.6 Å². The van der Waals surface area contributed by atoms with E-state index in [1.165, 1.54) is 0 Å². The zero-order valence-electron chi connectivity index (χ0n) is 11.7. The molecule has 0 amide bonds. The monoisotopic (exact) mass is 309 g/mol. The van der Waals surface area contributed by atoms with E-state index in [-0.39, 0.29) is 24.6 Å². The lowest BCUT2D eigenvalue weighted by Crippen LogP contribution is -2.36. The molecule has 0 aliphatic carbocycles. The summed E-state index contributed by atoms with van der Waals surface area (Å²) in [5, 5.41) is 0.534. The molecular weight excluding hydrogens is 291 g/mol. The third-order valence-corrected chi connectivity index (χ3v) is 3.31. The minimum Gasteiger partial charge on any atom is -0.481 e. The molecule has 0 aliphatic rings. The Morgan fingerprint density at radius 3 is 2.35 bits per heavy atom. The van der Waals surface area contributed by atoms with E-state index in [1.807, 2.05) is 13.8 Å². The first-order valence-electron chi connectivity index (χ1n) is 6.40. The maximum Gasteiger partial charge on any atom is 0.425 e. The summed E-state index contributed by atoms with van der Waals surface area (Å²) in [6.07, 6.45) is -6.61. The highest BCUT2D eigenvalue weighted by atomic mass is 35.5. The van der Waals surface area contributed by atoms with Crippen molar-refractivity contribution in [2.45, 2.75) is 45.4 Å². The van der Waals surface area contributed by atoms with Crippen LogP contribution < -0.4 is 10.5 Å². The lowest BCUT2D eigenvalue weighted by molar-refractivity contribution is -0.196. The van der Waals surface area contributed by atoms with Gasteiger partial charge in [0, 0.05) is 11.4 Å². The van der Waals surface area contributed by atoms with Gasteiger partial charge in [-0.05, 0) is 42.6 Å². The number of aryl methyl sites for hydroxylation is 1. The summed E-state index contributed by atoms with van der Waals surface area (Å²) in [6, 6.07) is 3.21. The SMILES string of the molecule is Cc1cc(Cl)c(C(C)C)cc1OC(CCN)C(F)(F)F. The average Bonchev–Trinajstić information content (AvgIpc) is 2.29. The van der Waals surface area contributed by atoms with Gasteiger partial charge in [0.05, 0.1) is 0 Å². The molecule has 0 bridgehead atoms. The highest BCUT2D eigenvalue weighted by Crippen LogP contribution is 2.34. The van der Waals surface area contributed by atoms with Crippen LogP contribution in [-0.4, -0.2) is 18.8 Å². The zero-order valence-corrected chi connectivity index (χ0v) is 12.5. The van der Waals surface area contributed by atoms with E-state index in [4.69, 9.17) is 22.1 Å². The molecule has 2 N–H and O–H groups in total. The molecule has 20 heavy (non-hydrogen) atoms. The van der Waals surface area contributed by atoms with Crippen molar-refractivity contribution >= 4 is 11.6 Å². The molecule has 0 saturated carbocycles. The number of nitrogens with two attached hydrogens (primary N) is 1. The minimum atomic E-state index is -4.44. The topological polar surface area (TPSA) is 35.2 Å². The number of ether oxygens (including phenoxy) is 1. The number of benzene rings is 1. The lowest BCUT2D eigenvalue weighted by atomic mass is 10.0. The Morgan fingerprint density at radius 1 is 1.30 bits per heavy atom. The van der Waals surface area contributed by atoms with Crippen LogP contribution in [0.15, 0.2) is 12.1 Å². The van der Waals surface area contributed by atoms with Crippen molar-refractivity contribution < 1.29 is 17.9 Å². The molecule has 0 heterocycles. The van der Waals surface area contributed by atoms with Gasteiger partial charge < -0.3 is 10.5 Å². The van der Waals surface area contributed by atoms with E-state index < -0.39 is 12.3 Å². The molecule has 2 nitrogen and oxygen atoms in total. The Hall–Kier alpha value is -0.940. The van der Waals surface area contributed by atoms with E-state index in [0.717, 1.165) is 5.56 Å². The van der Waals surface area contributed by atoms with Gasteiger partial charge in [-0.15, -0.1) is 0 Å². The van der Waals surface area contributed by atoms with Gasteiger partial charge in [0.1, 0.15) is 5.75 Å². The maximum atomic E-state index is 12.9. The Balaban J connectivity index is 3.09. The molecular formula is C14H19ClF3NO. The zero-order chi connectivity index (χ0) is 15.5. The fourth-order valence-corrected chi connectivity index (χ4v) is 2.27. The second-order valence-corrected chi connectivity index (χ2v) is 5.43. The molecule has 0 aliphatic heterocycles. The van der Waals surface area contributed by atoms with Crippen molar-refractivity contribution in [3.8, 4) is 5.75 Å². The largest absolute Gasteiger partial charge is 0.481 e. The number of rotatable bonds is 5. The van der Waals surface area contributed by atoms with Crippen LogP contribution in [0.25, 0.3) is 0 Å². The van der Waals surface area contributed by atoms with Crippen molar-refractivity contribution in [1.29, 1.82) is 0 Å². The van der Waals surface area contributed by atoms with Gasteiger partial charge in [-0.25, -0.2) is 0 Å². The van der Waals surface area contributed by atoms with Crippen molar-refractivity contribution in [3.05, 3.63) is 28.3 Å². The summed E-state index contributed by atoms with van der Waals surface area (Å²) < 4.78 is 43.7. The summed E-state index contributed by atoms with van der Waals surface area (Å²) in [4.78, 5) is 0. The van der Waals surface area contributed by atoms with Gasteiger partial charge in [0.2, 0.25) is 0 Å². The molecule has 6 heteroatoms. The minimum absolute atomic E-state index is 0.0894. The van der Waals surface area contributed by atoms with Crippen LogP contribution in [0.3, 0.4) is 0 Å². The van der Waals surface area contributed by atoms with Gasteiger partial charge in [0.25, 0.3) is 0 Å². The first-order chi connectivity index (χ1) is 9.16. The number of alkyl halides is 3. The highest BCUT2D eigenvalue weighted by Gasteiger charge is 2.41. The normalized spacial score (nSPS) is 13.7. The van der Waals surface area contributed by atoms with E-state index in [1.54, 1.807) is 19.1 Å². The summed E-state index contributed by atoms with van der Waals surface area (Å²) in [7, 11) is 0. The fourth-order valence-electron chi connectivity index (χ4n) is 1.83.